The molecule has 28 heavy (non-hydrogen) atoms. The molecule has 0 unspecified atom stereocenters. The zero-order valence-corrected chi connectivity index (χ0v) is 16.2. The van der Waals surface area contributed by atoms with E-state index in [-0.39, 0.29) is 23.9 Å². The first-order chi connectivity index (χ1) is 13.5. The number of nitrogens with zero attached hydrogens (tertiary/aromatic N) is 4. The molecule has 0 N–H and O–H groups in total. The van der Waals surface area contributed by atoms with Crippen molar-refractivity contribution in [1.82, 2.24) is 14.7 Å². The molecule has 8 heteroatoms. The molecule has 0 atom stereocenters. The van der Waals surface area contributed by atoms with Gasteiger partial charge in [-0.1, -0.05) is 31.0 Å². The number of piperazine rings is 1. The highest BCUT2D eigenvalue weighted by molar-refractivity contribution is 5.80. The summed E-state index contributed by atoms with van der Waals surface area (Å²) in [4.78, 5) is 41.6. The van der Waals surface area contributed by atoms with Gasteiger partial charge < -0.3 is 9.80 Å². The van der Waals surface area contributed by atoms with E-state index >= 15 is 0 Å². The van der Waals surface area contributed by atoms with Gasteiger partial charge in [-0.05, 0) is 12.8 Å². The lowest BCUT2D eigenvalue weighted by Crippen LogP contribution is -2.52. The van der Waals surface area contributed by atoms with E-state index < -0.39 is 4.92 Å². The SMILES string of the molecule is O=C(Cc1ccccc1[N+](=O)[O-])N1CCN(CC(=O)N2CCCCCC2)CC1. The molecule has 0 spiro atoms. The quantitative estimate of drug-likeness (QED) is 0.566. The Kier molecular flexibility index (Phi) is 6.97. The monoisotopic (exact) mass is 388 g/mol. The van der Waals surface area contributed by atoms with Crippen LogP contribution < -0.4 is 0 Å². The number of rotatable bonds is 5. The number of nitro groups is 1. The molecule has 2 aliphatic rings. The van der Waals surface area contributed by atoms with Crippen molar-refractivity contribution in [3.05, 3.63) is 39.9 Å². The molecule has 0 aromatic heterocycles. The van der Waals surface area contributed by atoms with Gasteiger partial charge in [0.05, 0.1) is 17.9 Å². The van der Waals surface area contributed by atoms with Crippen molar-refractivity contribution in [3.63, 3.8) is 0 Å². The fourth-order valence-corrected chi connectivity index (χ4v) is 3.88. The van der Waals surface area contributed by atoms with E-state index in [2.05, 4.69) is 4.90 Å². The zero-order valence-electron chi connectivity index (χ0n) is 16.2. The number of likely N-dealkylation sites (tertiary alicyclic amines) is 1. The van der Waals surface area contributed by atoms with E-state index in [1.165, 1.54) is 18.9 Å². The van der Waals surface area contributed by atoms with Crippen LogP contribution in [-0.4, -0.2) is 77.3 Å². The molecule has 0 bridgehead atoms. The average Bonchev–Trinajstić information content (AvgIpc) is 2.98. The van der Waals surface area contributed by atoms with Crippen LogP contribution in [-0.2, 0) is 16.0 Å². The molecule has 0 saturated carbocycles. The van der Waals surface area contributed by atoms with Crippen LogP contribution in [0.4, 0.5) is 5.69 Å². The third-order valence-corrected chi connectivity index (χ3v) is 5.57. The van der Waals surface area contributed by atoms with Crippen LogP contribution in [0.3, 0.4) is 0 Å². The van der Waals surface area contributed by atoms with Gasteiger partial charge in [0.1, 0.15) is 0 Å². The summed E-state index contributed by atoms with van der Waals surface area (Å²) in [6, 6.07) is 6.37. The fraction of sp³-hybridized carbons (Fsp3) is 0.600. The lowest BCUT2D eigenvalue weighted by atomic mass is 10.1. The van der Waals surface area contributed by atoms with Crippen LogP contribution in [0.25, 0.3) is 0 Å². The average molecular weight is 388 g/mol. The summed E-state index contributed by atoms with van der Waals surface area (Å²) >= 11 is 0. The minimum atomic E-state index is -0.449. The van der Waals surface area contributed by atoms with Crippen molar-refractivity contribution in [2.75, 3.05) is 45.8 Å². The van der Waals surface area contributed by atoms with Gasteiger partial charge in [0, 0.05) is 50.9 Å². The third-order valence-electron chi connectivity index (χ3n) is 5.57. The summed E-state index contributed by atoms with van der Waals surface area (Å²) < 4.78 is 0. The molecular weight excluding hydrogens is 360 g/mol. The smallest absolute Gasteiger partial charge is 0.273 e. The van der Waals surface area contributed by atoms with E-state index in [1.807, 2.05) is 4.90 Å². The largest absolute Gasteiger partial charge is 0.342 e. The number of amides is 2. The van der Waals surface area contributed by atoms with Gasteiger partial charge in [-0.2, -0.15) is 0 Å². The van der Waals surface area contributed by atoms with E-state index in [1.54, 1.807) is 23.1 Å². The molecule has 2 fully saturated rings. The van der Waals surface area contributed by atoms with Gasteiger partial charge in [0.25, 0.3) is 5.69 Å². The maximum Gasteiger partial charge on any atom is 0.273 e. The predicted octanol–water partition coefficient (Wildman–Crippen LogP) is 1.68. The fourth-order valence-electron chi connectivity index (χ4n) is 3.88. The van der Waals surface area contributed by atoms with Gasteiger partial charge in [-0.15, -0.1) is 0 Å². The van der Waals surface area contributed by atoms with Crippen molar-refractivity contribution < 1.29 is 14.5 Å². The van der Waals surface area contributed by atoms with Gasteiger partial charge in [0.2, 0.25) is 11.8 Å². The highest BCUT2D eigenvalue weighted by atomic mass is 16.6. The maximum atomic E-state index is 12.6. The Balaban J connectivity index is 1.48. The molecule has 2 saturated heterocycles. The number of carbonyl (C=O) groups is 2. The Labute approximate surface area is 165 Å². The molecule has 1 aromatic rings. The van der Waals surface area contributed by atoms with Crippen molar-refractivity contribution in [2.24, 2.45) is 0 Å². The lowest BCUT2D eigenvalue weighted by Gasteiger charge is -2.35. The highest BCUT2D eigenvalue weighted by Gasteiger charge is 2.26. The normalized spacial score (nSPS) is 18.6. The maximum absolute atomic E-state index is 12.6. The Morgan fingerprint density at radius 1 is 0.857 bits per heavy atom. The third kappa shape index (κ3) is 5.28. The van der Waals surface area contributed by atoms with Gasteiger partial charge in [-0.25, -0.2) is 0 Å². The number of hydrogen-bond donors (Lipinski definition) is 0. The number of nitro benzene ring substituents is 1. The van der Waals surface area contributed by atoms with E-state index in [9.17, 15) is 19.7 Å². The molecule has 2 heterocycles. The molecule has 8 nitrogen and oxygen atoms in total. The first kappa shape index (κ1) is 20.3. The van der Waals surface area contributed by atoms with Crippen LogP contribution in [0.1, 0.15) is 31.2 Å². The number of benzene rings is 1. The summed E-state index contributed by atoms with van der Waals surface area (Å²) in [5.74, 6) is 0.0781. The van der Waals surface area contributed by atoms with Gasteiger partial charge in [0.15, 0.2) is 0 Å². The summed E-state index contributed by atoms with van der Waals surface area (Å²) in [6.45, 7) is 4.52. The Morgan fingerprint density at radius 2 is 1.46 bits per heavy atom. The van der Waals surface area contributed by atoms with E-state index in [0.717, 1.165) is 25.9 Å². The summed E-state index contributed by atoms with van der Waals surface area (Å²) in [5, 5.41) is 11.1. The topological polar surface area (TPSA) is 87.0 Å². The second kappa shape index (κ2) is 9.64. The Morgan fingerprint density at radius 3 is 2.11 bits per heavy atom. The molecule has 0 aliphatic carbocycles. The molecule has 2 amide bonds. The van der Waals surface area contributed by atoms with Crippen LogP contribution in [0.15, 0.2) is 24.3 Å². The second-order valence-electron chi connectivity index (χ2n) is 7.51. The molecule has 3 rings (SSSR count). The standard InChI is InChI=1S/C20H28N4O4/c25-19(15-17-7-3-4-8-18(17)24(27)28)23-13-11-21(12-14-23)16-20(26)22-9-5-1-2-6-10-22/h3-4,7-8H,1-2,5-6,9-16H2. The van der Waals surface area contributed by atoms with E-state index in [4.69, 9.17) is 0 Å². The summed E-state index contributed by atoms with van der Waals surface area (Å²) in [5.41, 5.74) is 0.425. The second-order valence-corrected chi connectivity index (χ2v) is 7.51. The molecular formula is C20H28N4O4. The van der Waals surface area contributed by atoms with Gasteiger partial charge >= 0.3 is 0 Å². The minimum absolute atomic E-state index is 0.0162. The molecule has 1 aromatic carbocycles. The van der Waals surface area contributed by atoms with Crippen LogP contribution >= 0.6 is 0 Å². The molecule has 152 valence electrons. The van der Waals surface area contributed by atoms with E-state index in [0.29, 0.717) is 38.3 Å². The first-order valence-corrected chi connectivity index (χ1v) is 10.0. The van der Waals surface area contributed by atoms with Crippen LogP contribution in [0.5, 0.6) is 0 Å². The first-order valence-electron chi connectivity index (χ1n) is 10.0. The summed E-state index contributed by atoms with van der Waals surface area (Å²) in [6.07, 6.45) is 4.59. The predicted molar refractivity (Wildman–Crippen MR) is 105 cm³/mol. The highest BCUT2D eigenvalue weighted by Crippen LogP contribution is 2.19. The lowest BCUT2D eigenvalue weighted by molar-refractivity contribution is -0.385. The van der Waals surface area contributed by atoms with Gasteiger partial charge in [-0.3, -0.25) is 24.6 Å². The minimum Gasteiger partial charge on any atom is -0.342 e. The van der Waals surface area contributed by atoms with Crippen LogP contribution in [0.2, 0.25) is 0 Å². The van der Waals surface area contributed by atoms with Crippen molar-refractivity contribution in [1.29, 1.82) is 0 Å². The zero-order chi connectivity index (χ0) is 19.9. The molecule has 0 radical (unpaired) electrons. The Bertz CT molecular complexity index is 708. The number of carbonyl (C=O) groups excluding carboxylic acids is 2. The van der Waals surface area contributed by atoms with Crippen molar-refractivity contribution in [2.45, 2.75) is 32.1 Å². The number of para-hydroxylation sites is 1. The summed E-state index contributed by atoms with van der Waals surface area (Å²) in [7, 11) is 0. The van der Waals surface area contributed by atoms with Crippen molar-refractivity contribution >= 4 is 17.5 Å². The Hall–Kier alpha value is -2.48. The van der Waals surface area contributed by atoms with Crippen LogP contribution in [0, 0.1) is 10.1 Å². The van der Waals surface area contributed by atoms with Crippen molar-refractivity contribution in [3.8, 4) is 0 Å². The number of hydrogen-bond acceptors (Lipinski definition) is 5. The molecule has 2 aliphatic heterocycles.